The molecule has 3 rings (SSSR count). The summed E-state index contributed by atoms with van der Waals surface area (Å²) in [6.45, 7) is 7.85. The second-order valence-electron chi connectivity index (χ2n) is 5.52. The lowest BCUT2D eigenvalue weighted by Gasteiger charge is -2.08. The van der Waals surface area contributed by atoms with Gasteiger partial charge >= 0.3 is 0 Å². The topological polar surface area (TPSA) is 68.9 Å². The zero-order valence-corrected chi connectivity index (χ0v) is 14.1. The van der Waals surface area contributed by atoms with E-state index in [4.69, 9.17) is 13.9 Å². The van der Waals surface area contributed by atoms with Gasteiger partial charge in [-0.1, -0.05) is 37.4 Å². The molecular formula is C21H18O5. The van der Waals surface area contributed by atoms with E-state index in [0.717, 1.165) is 0 Å². The van der Waals surface area contributed by atoms with Gasteiger partial charge in [0.2, 0.25) is 5.43 Å². The number of benzene rings is 2. The van der Waals surface area contributed by atoms with Crippen molar-refractivity contribution in [3.8, 4) is 28.4 Å². The van der Waals surface area contributed by atoms with E-state index in [1.54, 1.807) is 42.5 Å². The lowest BCUT2D eigenvalue weighted by Crippen LogP contribution is -2.05. The molecule has 0 amide bonds. The van der Waals surface area contributed by atoms with Gasteiger partial charge in [-0.15, -0.1) is 0 Å². The molecule has 0 bridgehead atoms. The minimum absolute atomic E-state index is 0.112. The van der Waals surface area contributed by atoms with Crippen LogP contribution >= 0.6 is 0 Å². The highest BCUT2D eigenvalue weighted by atomic mass is 16.5. The fraction of sp³-hybridized carbons (Fsp3) is 0.0952. The van der Waals surface area contributed by atoms with E-state index >= 15 is 0 Å². The predicted molar refractivity (Wildman–Crippen MR) is 101 cm³/mol. The molecule has 0 radical (unpaired) electrons. The Hall–Kier alpha value is -3.47. The van der Waals surface area contributed by atoms with Crippen LogP contribution in [0, 0.1) is 0 Å². The Morgan fingerprint density at radius 1 is 1.00 bits per heavy atom. The Labute approximate surface area is 150 Å². The number of hydrogen-bond acceptors (Lipinski definition) is 5. The van der Waals surface area contributed by atoms with Crippen molar-refractivity contribution in [2.24, 2.45) is 0 Å². The third kappa shape index (κ3) is 3.47. The van der Waals surface area contributed by atoms with E-state index in [0.29, 0.717) is 29.2 Å². The van der Waals surface area contributed by atoms with Crippen LogP contribution in [0.3, 0.4) is 0 Å². The summed E-state index contributed by atoms with van der Waals surface area (Å²) < 4.78 is 16.4. The van der Waals surface area contributed by atoms with Gasteiger partial charge in [-0.3, -0.25) is 4.79 Å². The molecule has 2 aromatic carbocycles. The van der Waals surface area contributed by atoms with Gasteiger partial charge in [0.15, 0.2) is 0 Å². The number of hydrogen-bond donors (Lipinski definition) is 1. The molecule has 0 saturated heterocycles. The molecular weight excluding hydrogens is 332 g/mol. The maximum atomic E-state index is 12.8. The van der Waals surface area contributed by atoms with Gasteiger partial charge < -0.3 is 19.0 Å². The van der Waals surface area contributed by atoms with Gasteiger partial charge in [-0.2, -0.15) is 0 Å². The summed E-state index contributed by atoms with van der Waals surface area (Å²) in [7, 11) is 0. The molecule has 3 aromatic rings. The SMILES string of the molecule is C=CCOc1ccc(-c2coc3cc(OCC=C)cc(O)c3c2=O)cc1. The van der Waals surface area contributed by atoms with Crippen LogP contribution in [0.5, 0.6) is 17.2 Å². The van der Waals surface area contributed by atoms with Crippen LogP contribution in [-0.2, 0) is 0 Å². The van der Waals surface area contributed by atoms with Crippen LogP contribution in [0.1, 0.15) is 0 Å². The first kappa shape index (κ1) is 17.4. The van der Waals surface area contributed by atoms with Crippen LogP contribution in [0.15, 0.2) is 77.2 Å². The Morgan fingerprint density at radius 2 is 1.65 bits per heavy atom. The van der Waals surface area contributed by atoms with Crippen LogP contribution < -0.4 is 14.9 Å². The smallest absolute Gasteiger partial charge is 0.204 e. The van der Waals surface area contributed by atoms with E-state index < -0.39 is 0 Å². The van der Waals surface area contributed by atoms with Crippen molar-refractivity contribution >= 4 is 11.0 Å². The molecule has 1 N–H and O–H groups in total. The summed E-state index contributed by atoms with van der Waals surface area (Å²) in [5.41, 5.74) is 0.948. The second-order valence-corrected chi connectivity index (χ2v) is 5.52. The summed E-state index contributed by atoms with van der Waals surface area (Å²) in [6, 6.07) is 9.99. The van der Waals surface area contributed by atoms with Crippen molar-refractivity contribution in [3.05, 3.63) is 78.2 Å². The molecule has 0 fully saturated rings. The Bertz CT molecular complexity index is 999. The molecule has 0 aliphatic carbocycles. The highest BCUT2D eigenvalue weighted by Gasteiger charge is 2.14. The van der Waals surface area contributed by atoms with Gasteiger partial charge in [0, 0.05) is 12.1 Å². The Kier molecular flexibility index (Phi) is 5.08. The third-order valence-electron chi connectivity index (χ3n) is 3.73. The fourth-order valence-corrected chi connectivity index (χ4v) is 2.53. The van der Waals surface area contributed by atoms with Gasteiger partial charge in [0.25, 0.3) is 0 Å². The molecule has 0 aliphatic rings. The quantitative estimate of drug-likeness (QED) is 0.644. The molecule has 132 valence electrons. The Morgan fingerprint density at radius 3 is 2.31 bits per heavy atom. The zero-order chi connectivity index (χ0) is 18.5. The van der Waals surface area contributed by atoms with Crippen LogP contribution in [0.4, 0.5) is 0 Å². The Balaban J connectivity index is 2.01. The standard InChI is InChI=1S/C21H18O5/c1-3-9-24-15-7-5-14(6-8-15)17-13-26-19-12-16(25-10-4-2)11-18(22)20(19)21(17)23/h3-8,11-13,22H,1-2,9-10H2. The summed E-state index contributed by atoms with van der Waals surface area (Å²) in [4.78, 5) is 12.8. The minimum Gasteiger partial charge on any atom is -0.507 e. The highest BCUT2D eigenvalue weighted by molar-refractivity contribution is 5.88. The normalized spacial score (nSPS) is 10.5. The number of phenolic OH excluding ortho intramolecular Hbond substituents is 1. The van der Waals surface area contributed by atoms with Crippen molar-refractivity contribution in [2.45, 2.75) is 0 Å². The predicted octanol–water partition coefficient (Wildman–Crippen LogP) is 4.30. The minimum atomic E-state index is -0.321. The largest absolute Gasteiger partial charge is 0.507 e. The number of rotatable bonds is 7. The molecule has 0 aliphatic heterocycles. The van der Waals surface area contributed by atoms with E-state index in [1.165, 1.54) is 12.3 Å². The van der Waals surface area contributed by atoms with Crippen LogP contribution in [0.25, 0.3) is 22.1 Å². The van der Waals surface area contributed by atoms with Gasteiger partial charge in [0.1, 0.15) is 47.7 Å². The van der Waals surface area contributed by atoms with Gasteiger partial charge in [-0.05, 0) is 17.7 Å². The summed E-state index contributed by atoms with van der Waals surface area (Å²) in [5, 5.41) is 10.4. The summed E-state index contributed by atoms with van der Waals surface area (Å²) >= 11 is 0. The van der Waals surface area contributed by atoms with Gasteiger partial charge in [-0.25, -0.2) is 0 Å². The average molecular weight is 350 g/mol. The van der Waals surface area contributed by atoms with E-state index in [-0.39, 0.29) is 28.8 Å². The monoisotopic (exact) mass is 350 g/mol. The summed E-state index contributed by atoms with van der Waals surface area (Å²) in [6.07, 6.45) is 4.62. The lowest BCUT2D eigenvalue weighted by atomic mass is 10.0. The molecule has 0 saturated carbocycles. The highest BCUT2D eigenvalue weighted by Crippen LogP contribution is 2.30. The molecule has 5 heteroatoms. The first-order chi connectivity index (χ1) is 12.6. The van der Waals surface area contributed by atoms with Crippen LogP contribution in [-0.4, -0.2) is 18.3 Å². The van der Waals surface area contributed by atoms with E-state index in [1.807, 2.05) is 0 Å². The number of phenols is 1. The number of ether oxygens (including phenoxy) is 2. The van der Waals surface area contributed by atoms with Gasteiger partial charge in [0.05, 0.1) is 5.56 Å². The molecule has 26 heavy (non-hydrogen) atoms. The first-order valence-corrected chi connectivity index (χ1v) is 8.00. The maximum Gasteiger partial charge on any atom is 0.204 e. The maximum absolute atomic E-state index is 12.8. The average Bonchev–Trinajstić information content (AvgIpc) is 2.65. The molecule has 0 unspecified atom stereocenters. The number of aromatic hydroxyl groups is 1. The van der Waals surface area contributed by atoms with Crippen molar-refractivity contribution in [1.29, 1.82) is 0 Å². The fourth-order valence-electron chi connectivity index (χ4n) is 2.53. The summed E-state index contributed by atoms with van der Waals surface area (Å²) in [5.74, 6) is 0.878. The van der Waals surface area contributed by atoms with E-state index in [9.17, 15) is 9.90 Å². The van der Waals surface area contributed by atoms with E-state index in [2.05, 4.69) is 13.2 Å². The third-order valence-corrected chi connectivity index (χ3v) is 3.73. The molecule has 0 atom stereocenters. The van der Waals surface area contributed by atoms with Crippen molar-refractivity contribution in [3.63, 3.8) is 0 Å². The molecule has 5 nitrogen and oxygen atoms in total. The molecule has 0 spiro atoms. The van der Waals surface area contributed by atoms with Crippen molar-refractivity contribution in [2.75, 3.05) is 13.2 Å². The lowest BCUT2D eigenvalue weighted by molar-refractivity contribution is 0.360. The second kappa shape index (κ2) is 7.61. The van der Waals surface area contributed by atoms with Crippen molar-refractivity contribution < 1.29 is 19.0 Å². The molecule has 1 aromatic heterocycles. The van der Waals surface area contributed by atoms with Crippen molar-refractivity contribution in [1.82, 2.24) is 0 Å². The van der Waals surface area contributed by atoms with Crippen LogP contribution in [0.2, 0.25) is 0 Å². The molecule has 1 heterocycles. The number of fused-ring (bicyclic) bond motifs is 1. The first-order valence-electron chi connectivity index (χ1n) is 8.00. The zero-order valence-electron chi connectivity index (χ0n) is 14.1.